The van der Waals surface area contributed by atoms with Gasteiger partial charge in [-0.15, -0.1) is 0 Å². The lowest BCUT2D eigenvalue weighted by molar-refractivity contribution is -0.151. The molecule has 0 aliphatic heterocycles. The summed E-state index contributed by atoms with van der Waals surface area (Å²) in [5.74, 6) is -1.05. The number of esters is 1. The Morgan fingerprint density at radius 2 is 2.00 bits per heavy atom. The highest BCUT2D eigenvalue weighted by Crippen LogP contribution is 1.94. The maximum atomic E-state index is 10.7. The van der Waals surface area contributed by atoms with Crippen LogP contribution in [0.15, 0.2) is 0 Å². The summed E-state index contributed by atoms with van der Waals surface area (Å²) in [6, 6.07) is -0.630. The average molecular weight is 175 g/mol. The molecule has 1 amide bonds. The second kappa shape index (κ2) is 4.71. The topological polar surface area (TPSA) is 75.6 Å². The van der Waals surface area contributed by atoms with Gasteiger partial charge in [0, 0.05) is 6.92 Å². The van der Waals surface area contributed by atoms with Crippen LogP contribution in [0.5, 0.6) is 0 Å². The first-order valence-corrected chi connectivity index (χ1v) is 3.52. The number of aliphatic hydroxyl groups is 1. The lowest BCUT2D eigenvalue weighted by Crippen LogP contribution is -2.44. The van der Waals surface area contributed by atoms with E-state index in [9.17, 15) is 9.59 Å². The van der Waals surface area contributed by atoms with Gasteiger partial charge in [0.25, 0.3) is 0 Å². The summed E-state index contributed by atoms with van der Waals surface area (Å²) in [7, 11) is 1.17. The van der Waals surface area contributed by atoms with Gasteiger partial charge in [-0.25, -0.2) is 4.79 Å². The predicted octanol–water partition coefficient (Wildman–Crippen LogP) is -0.955. The highest BCUT2D eigenvalue weighted by atomic mass is 16.5. The van der Waals surface area contributed by atoms with E-state index in [-0.39, 0.29) is 5.91 Å². The number of methoxy groups -OCH3 is 1. The molecule has 0 fully saturated rings. The molecule has 0 aliphatic rings. The van der Waals surface area contributed by atoms with E-state index in [1.165, 1.54) is 21.0 Å². The Morgan fingerprint density at radius 1 is 1.50 bits per heavy atom. The largest absolute Gasteiger partial charge is 0.467 e. The average Bonchev–Trinajstić information content (AvgIpc) is 2.00. The minimum absolute atomic E-state index is 0.301. The number of aliphatic hydroxyl groups excluding tert-OH is 1. The Hall–Kier alpha value is -1.10. The lowest BCUT2D eigenvalue weighted by Gasteiger charge is -2.16. The third-order valence-electron chi connectivity index (χ3n) is 1.35. The Labute approximate surface area is 70.7 Å². The number of rotatable bonds is 3. The van der Waals surface area contributed by atoms with Gasteiger partial charge in [0.05, 0.1) is 13.2 Å². The molecule has 0 spiro atoms. The van der Waals surface area contributed by atoms with Crippen molar-refractivity contribution in [2.24, 2.45) is 0 Å². The van der Waals surface area contributed by atoms with E-state index in [0.29, 0.717) is 0 Å². The first-order chi connectivity index (χ1) is 5.49. The van der Waals surface area contributed by atoms with Crippen LogP contribution in [0.25, 0.3) is 0 Å². The first-order valence-electron chi connectivity index (χ1n) is 3.52. The van der Waals surface area contributed by atoms with E-state index in [4.69, 9.17) is 5.11 Å². The standard InChI is InChI=1S/C7H13NO4/c1-4(8-5(2)9)6(10)7(11)12-3/h4,6,10H,1-3H3,(H,8,9). The van der Waals surface area contributed by atoms with Gasteiger partial charge in [0.2, 0.25) is 5.91 Å². The van der Waals surface area contributed by atoms with Gasteiger partial charge in [-0.05, 0) is 6.92 Å². The van der Waals surface area contributed by atoms with Crippen molar-refractivity contribution < 1.29 is 19.4 Å². The molecule has 2 unspecified atom stereocenters. The smallest absolute Gasteiger partial charge is 0.336 e. The molecule has 0 radical (unpaired) electrons. The molecule has 0 aliphatic carbocycles. The minimum atomic E-state index is -1.31. The van der Waals surface area contributed by atoms with Crippen molar-refractivity contribution in [1.29, 1.82) is 0 Å². The normalized spacial score (nSPS) is 14.7. The van der Waals surface area contributed by atoms with Crippen LogP contribution in [0.1, 0.15) is 13.8 Å². The second-order valence-corrected chi connectivity index (χ2v) is 2.46. The van der Waals surface area contributed by atoms with Crippen molar-refractivity contribution in [3.05, 3.63) is 0 Å². The van der Waals surface area contributed by atoms with Crippen molar-refractivity contribution in [2.45, 2.75) is 26.0 Å². The fourth-order valence-corrected chi connectivity index (χ4v) is 0.724. The van der Waals surface area contributed by atoms with Crippen LogP contribution in [0.2, 0.25) is 0 Å². The maximum absolute atomic E-state index is 10.7. The molecule has 70 valence electrons. The molecular formula is C7H13NO4. The number of hydrogen-bond acceptors (Lipinski definition) is 4. The summed E-state index contributed by atoms with van der Waals surface area (Å²) in [5.41, 5.74) is 0. The van der Waals surface area contributed by atoms with Gasteiger partial charge in [-0.3, -0.25) is 4.79 Å². The monoisotopic (exact) mass is 175 g/mol. The molecule has 5 nitrogen and oxygen atoms in total. The van der Waals surface area contributed by atoms with Gasteiger partial charge in [-0.2, -0.15) is 0 Å². The van der Waals surface area contributed by atoms with E-state index in [1.807, 2.05) is 0 Å². The Bertz CT molecular complexity index is 180. The Morgan fingerprint density at radius 3 is 2.33 bits per heavy atom. The third kappa shape index (κ3) is 3.34. The maximum Gasteiger partial charge on any atom is 0.336 e. The van der Waals surface area contributed by atoms with Crippen LogP contribution in [0, 0.1) is 0 Å². The lowest BCUT2D eigenvalue weighted by atomic mass is 10.2. The second-order valence-electron chi connectivity index (χ2n) is 2.46. The molecule has 0 heterocycles. The van der Waals surface area contributed by atoms with Crippen LogP contribution in [0.4, 0.5) is 0 Å². The van der Waals surface area contributed by atoms with Crippen molar-refractivity contribution in [1.82, 2.24) is 5.32 Å². The zero-order valence-corrected chi connectivity index (χ0v) is 7.33. The van der Waals surface area contributed by atoms with Crippen LogP contribution >= 0.6 is 0 Å². The molecule has 0 bridgehead atoms. The van der Waals surface area contributed by atoms with Gasteiger partial charge >= 0.3 is 5.97 Å². The van der Waals surface area contributed by atoms with Gasteiger partial charge < -0.3 is 15.2 Å². The number of hydrogen-bond donors (Lipinski definition) is 2. The van der Waals surface area contributed by atoms with E-state index < -0.39 is 18.1 Å². The van der Waals surface area contributed by atoms with Crippen LogP contribution in [-0.2, 0) is 14.3 Å². The highest BCUT2D eigenvalue weighted by molar-refractivity contribution is 5.78. The molecule has 2 N–H and O–H groups in total. The highest BCUT2D eigenvalue weighted by Gasteiger charge is 2.23. The quantitative estimate of drug-likeness (QED) is 0.542. The van der Waals surface area contributed by atoms with Gasteiger partial charge in [0.15, 0.2) is 6.10 Å². The van der Waals surface area contributed by atoms with Gasteiger partial charge in [0.1, 0.15) is 0 Å². The Balaban J connectivity index is 4.00. The van der Waals surface area contributed by atoms with Crippen LogP contribution in [-0.4, -0.2) is 36.2 Å². The van der Waals surface area contributed by atoms with Crippen molar-refractivity contribution >= 4 is 11.9 Å². The number of carbonyl (C=O) groups excluding carboxylic acids is 2. The van der Waals surface area contributed by atoms with Crippen LogP contribution in [0.3, 0.4) is 0 Å². The fourth-order valence-electron chi connectivity index (χ4n) is 0.724. The first kappa shape index (κ1) is 10.9. The molecule has 0 rings (SSSR count). The summed E-state index contributed by atoms with van der Waals surface area (Å²) < 4.78 is 4.27. The summed E-state index contributed by atoms with van der Waals surface area (Å²) in [4.78, 5) is 21.2. The summed E-state index contributed by atoms with van der Waals surface area (Å²) in [5, 5.41) is 11.5. The zero-order valence-electron chi connectivity index (χ0n) is 7.33. The van der Waals surface area contributed by atoms with Crippen molar-refractivity contribution in [3.8, 4) is 0 Å². The number of nitrogens with one attached hydrogen (secondary N) is 1. The number of amides is 1. The number of ether oxygens (including phenoxy) is 1. The van der Waals surface area contributed by atoms with E-state index >= 15 is 0 Å². The minimum Gasteiger partial charge on any atom is -0.467 e. The number of carbonyl (C=O) groups is 2. The molecular weight excluding hydrogens is 162 g/mol. The zero-order chi connectivity index (χ0) is 9.72. The summed E-state index contributed by atoms with van der Waals surface area (Å²) >= 11 is 0. The summed E-state index contributed by atoms with van der Waals surface area (Å²) in [6.45, 7) is 2.82. The Kier molecular flexibility index (Phi) is 4.28. The van der Waals surface area contributed by atoms with Gasteiger partial charge in [-0.1, -0.05) is 0 Å². The fraction of sp³-hybridized carbons (Fsp3) is 0.714. The molecule has 0 aromatic rings. The SMILES string of the molecule is COC(=O)C(O)C(C)NC(C)=O. The van der Waals surface area contributed by atoms with E-state index in [0.717, 1.165) is 0 Å². The predicted molar refractivity (Wildman–Crippen MR) is 41.3 cm³/mol. The molecule has 0 aromatic carbocycles. The van der Waals surface area contributed by atoms with Crippen molar-refractivity contribution in [3.63, 3.8) is 0 Å². The van der Waals surface area contributed by atoms with Crippen LogP contribution < -0.4 is 5.32 Å². The summed E-state index contributed by atoms with van der Waals surface area (Å²) in [6.07, 6.45) is -1.31. The molecule has 12 heavy (non-hydrogen) atoms. The molecule has 5 heteroatoms. The third-order valence-corrected chi connectivity index (χ3v) is 1.35. The molecule has 2 atom stereocenters. The van der Waals surface area contributed by atoms with E-state index in [1.54, 1.807) is 0 Å². The molecule has 0 aromatic heterocycles. The van der Waals surface area contributed by atoms with Crippen molar-refractivity contribution in [2.75, 3.05) is 7.11 Å². The van der Waals surface area contributed by atoms with E-state index in [2.05, 4.69) is 10.1 Å². The molecule has 0 saturated carbocycles. The molecule has 0 saturated heterocycles.